The molecule has 1 aromatic carbocycles. The Morgan fingerprint density at radius 3 is 2.75 bits per heavy atom. The lowest BCUT2D eigenvalue weighted by Gasteiger charge is -2.15. The minimum Gasteiger partial charge on any atom is -0.497 e. The first-order valence-corrected chi connectivity index (χ1v) is 9.19. The van der Waals surface area contributed by atoms with Gasteiger partial charge >= 0.3 is 0 Å². The van der Waals surface area contributed by atoms with E-state index >= 15 is 0 Å². The number of amides is 1. The van der Waals surface area contributed by atoms with Crippen LogP contribution in [0.1, 0.15) is 17.4 Å². The second-order valence-electron chi connectivity index (χ2n) is 5.18. The summed E-state index contributed by atoms with van der Waals surface area (Å²) in [5.41, 5.74) is 1.02. The summed E-state index contributed by atoms with van der Waals surface area (Å²) >= 11 is 3.03. The highest BCUT2D eigenvalue weighted by Gasteiger charge is 2.35. The van der Waals surface area contributed by atoms with Crippen LogP contribution in [0.4, 0.5) is 0 Å². The first kappa shape index (κ1) is 16.7. The van der Waals surface area contributed by atoms with E-state index in [1.54, 1.807) is 29.6 Å². The molecule has 5 nitrogen and oxygen atoms in total. The Morgan fingerprint density at radius 2 is 2.08 bits per heavy atom. The smallest absolute Gasteiger partial charge is 0.242 e. The minimum atomic E-state index is -0.140. The van der Waals surface area contributed by atoms with Crippen molar-refractivity contribution in [3.8, 4) is 5.75 Å². The van der Waals surface area contributed by atoms with Crippen LogP contribution < -0.4 is 4.74 Å². The number of thioether (sulfide) groups is 1. The van der Waals surface area contributed by atoms with Crippen LogP contribution in [0.5, 0.6) is 5.75 Å². The summed E-state index contributed by atoms with van der Waals surface area (Å²) in [4.78, 5) is 15.1. The van der Waals surface area contributed by atoms with Crippen molar-refractivity contribution in [2.24, 2.45) is 10.2 Å². The standard InChI is InChI=1S/C17H17N3O2S2/c1-12-16(21)20(11-13-5-7-14(22-2)8-6-13)17(24-12)19-18-10-15-4-3-9-23-15/h3-10,12H,11H2,1-2H3/b18-10+,19-17+. The van der Waals surface area contributed by atoms with Crippen molar-refractivity contribution in [3.05, 3.63) is 52.2 Å². The Labute approximate surface area is 149 Å². The fraction of sp³-hybridized carbons (Fsp3) is 0.235. The van der Waals surface area contributed by atoms with Crippen molar-refractivity contribution in [2.45, 2.75) is 18.7 Å². The molecule has 3 rings (SSSR count). The average molecular weight is 359 g/mol. The number of ether oxygens (including phenoxy) is 1. The molecule has 1 amide bonds. The Balaban J connectivity index is 1.75. The van der Waals surface area contributed by atoms with E-state index in [0.717, 1.165) is 16.2 Å². The zero-order valence-electron chi connectivity index (χ0n) is 13.4. The highest BCUT2D eigenvalue weighted by Crippen LogP contribution is 2.28. The number of methoxy groups -OCH3 is 1. The van der Waals surface area contributed by atoms with Gasteiger partial charge in [-0.1, -0.05) is 30.0 Å². The molecular formula is C17H17N3O2S2. The molecule has 0 radical (unpaired) electrons. The van der Waals surface area contributed by atoms with E-state index in [2.05, 4.69) is 10.2 Å². The first-order valence-electron chi connectivity index (χ1n) is 7.43. The zero-order valence-corrected chi connectivity index (χ0v) is 15.0. The number of nitrogens with zero attached hydrogens (tertiary/aromatic N) is 3. The van der Waals surface area contributed by atoms with Crippen LogP contribution in [-0.4, -0.2) is 34.5 Å². The summed E-state index contributed by atoms with van der Waals surface area (Å²) in [5.74, 6) is 0.851. The quantitative estimate of drug-likeness (QED) is 0.605. The predicted molar refractivity (Wildman–Crippen MR) is 99.9 cm³/mol. The van der Waals surface area contributed by atoms with Crippen LogP contribution >= 0.6 is 23.1 Å². The summed E-state index contributed by atoms with van der Waals surface area (Å²) < 4.78 is 5.16. The lowest BCUT2D eigenvalue weighted by Crippen LogP contribution is -2.30. The Bertz CT molecular complexity index is 755. The summed E-state index contributed by atoms with van der Waals surface area (Å²) in [5, 5.41) is 10.9. The van der Waals surface area contributed by atoms with E-state index < -0.39 is 0 Å². The number of carbonyl (C=O) groups is 1. The van der Waals surface area contributed by atoms with Gasteiger partial charge in [-0.25, -0.2) is 0 Å². The van der Waals surface area contributed by atoms with Crippen LogP contribution in [0.15, 0.2) is 52.0 Å². The van der Waals surface area contributed by atoms with Crippen molar-refractivity contribution < 1.29 is 9.53 Å². The molecule has 1 atom stereocenters. The van der Waals surface area contributed by atoms with Crippen molar-refractivity contribution in [2.75, 3.05) is 7.11 Å². The van der Waals surface area contributed by atoms with E-state index in [0.29, 0.717) is 11.7 Å². The van der Waals surface area contributed by atoms with Gasteiger partial charge in [0, 0.05) is 4.88 Å². The third-order valence-electron chi connectivity index (χ3n) is 3.50. The molecule has 0 aliphatic carbocycles. The van der Waals surface area contributed by atoms with Crippen molar-refractivity contribution >= 4 is 40.4 Å². The first-order chi connectivity index (χ1) is 11.7. The molecule has 1 aliphatic heterocycles. The van der Waals surface area contributed by atoms with Gasteiger partial charge in [0.15, 0.2) is 5.17 Å². The molecule has 124 valence electrons. The van der Waals surface area contributed by atoms with Gasteiger partial charge in [-0.2, -0.15) is 5.10 Å². The van der Waals surface area contributed by atoms with E-state index in [4.69, 9.17) is 4.74 Å². The second kappa shape index (κ2) is 7.63. The molecule has 1 saturated heterocycles. The number of rotatable bonds is 5. The van der Waals surface area contributed by atoms with E-state index in [-0.39, 0.29) is 11.2 Å². The van der Waals surface area contributed by atoms with Gasteiger partial charge in [-0.3, -0.25) is 9.69 Å². The maximum absolute atomic E-state index is 12.4. The lowest BCUT2D eigenvalue weighted by atomic mass is 10.2. The maximum Gasteiger partial charge on any atom is 0.242 e. The van der Waals surface area contributed by atoms with Crippen molar-refractivity contribution in [1.82, 2.24) is 4.90 Å². The fourth-order valence-electron chi connectivity index (χ4n) is 2.22. The molecule has 0 spiro atoms. The molecule has 2 aromatic rings. The van der Waals surface area contributed by atoms with Crippen molar-refractivity contribution in [1.29, 1.82) is 0 Å². The molecule has 0 saturated carbocycles. The van der Waals surface area contributed by atoms with Gasteiger partial charge in [0.05, 0.1) is 25.1 Å². The number of hydrogen-bond donors (Lipinski definition) is 0. The topological polar surface area (TPSA) is 54.3 Å². The molecule has 0 N–H and O–H groups in total. The normalized spacial score (nSPS) is 19.6. The predicted octanol–water partition coefficient (Wildman–Crippen LogP) is 3.61. The number of benzene rings is 1. The molecule has 1 aliphatic rings. The number of thiophene rings is 1. The lowest BCUT2D eigenvalue weighted by molar-refractivity contribution is -0.126. The summed E-state index contributed by atoms with van der Waals surface area (Å²) in [6, 6.07) is 11.6. The Morgan fingerprint density at radius 1 is 1.29 bits per heavy atom. The maximum atomic E-state index is 12.4. The third-order valence-corrected chi connectivity index (χ3v) is 5.37. The molecule has 1 fully saturated rings. The molecule has 24 heavy (non-hydrogen) atoms. The van der Waals surface area contributed by atoms with Crippen molar-refractivity contribution in [3.63, 3.8) is 0 Å². The van der Waals surface area contributed by atoms with E-state index in [9.17, 15) is 4.79 Å². The number of hydrogen-bond acceptors (Lipinski definition) is 6. The van der Waals surface area contributed by atoms with Gasteiger partial charge in [0.2, 0.25) is 5.91 Å². The molecule has 0 bridgehead atoms. The molecule has 7 heteroatoms. The highest BCUT2D eigenvalue weighted by atomic mass is 32.2. The van der Waals surface area contributed by atoms with Gasteiger partial charge in [-0.15, -0.1) is 16.4 Å². The zero-order chi connectivity index (χ0) is 16.9. The summed E-state index contributed by atoms with van der Waals surface area (Å²) in [6.07, 6.45) is 1.71. The number of carbonyl (C=O) groups excluding carboxylic acids is 1. The van der Waals surface area contributed by atoms with E-state index in [1.807, 2.05) is 48.7 Å². The largest absolute Gasteiger partial charge is 0.497 e. The molecular weight excluding hydrogens is 342 g/mol. The van der Waals surface area contributed by atoms with Gasteiger partial charge in [0.1, 0.15) is 5.75 Å². The molecule has 2 heterocycles. The number of amidine groups is 1. The highest BCUT2D eigenvalue weighted by molar-refractivity contribution is 8.15. The van der Waals surface area contributed by atoms with Gasteiger partial charge in [-0.05, 0) is 36.1 Å². The van der Waals surface area contributed by atoms with E-state index in [1.165, 1.54) is 11.8 Å². The van der Waals surface area contributed by atoms with Crippen LogP contribution in [0.3, 0.4) is 0 Å². The summed E-state index contributed by atoms with van der Waals surface area (Å²) in [7, 11) is 1.63. The van der Waals surface area contributed by atoms with Crippen LogP contribution in [0.2, 0.25) is 0 Å². The van der Waals surface area contributed by atoms with Gasteiger partial charge in [0.25, 0.3) is 0 Å². The average Bonchev–Trinajstić information content (AvgIpc) is 3.20. The monoisotopic (exact) mass is 359 g/mol. The SMILES string of the molecule is COc1ccc(CN2C(=O)C(C)S/C2=N/N=C/c2cccs2)cc1. The summed E-state index contributed by atoms with van der Waals surface area (Å²) in [6.45, 7) is 2.37. The minimum absolute atomic E-state index is 0.0564. The third kappa shape index (κ3) is 3.85. The van der Waals surface area contributed by atoms with Gasteiger partial charge < -0.3 is 4.74 Å². The molecule has 1 aromatic heterocycles. The van der Waals surface area contributed by atoms with Crippen LogP contribution in [0, 0.1) is 0 Å². The fourth-order valence-corrected chi connectivity index (χ4v) is 3.72. The molecule has 1 unspecified atom stereocenters. The Kier molecular flexibility index (Phi) is 5.32. The van der Waals surface area contributed by atoms with Crippen LogP contribution in [-0.2, 0) is 11.3 Å². The Hall–Kier alpha value is -2.12. The van der Waals surface area contributed by atoms with Crippen LogP contribution in [0.25, 0.3) is 0 Å². The second-order valence-corrected chi connectivity index (χ2v) is 7.46.